The zero-order chi connectivity index (χ0) is 15.5. The number of nitrogens with two attached hydrogens (primary N) is 1. The van der Waals surface area contributed by atoms with Gasteiger partial charge in [0.1, 0.15) is 11.6 Å². The fraction of sp³-hybridized carbons (Fsp3) is 0.562. The maximum atomic E-state index is 13.9. The maximum Gasteiger partial charge on any atom is 0.188 e. The second-order valence-electron chi connectivity index (χ2n) is 6.22. The number of rotatable bonds is 6. The van der Waals surface area contributed by atoms with Gasteiger partial charge in [0.05, 0.1) is 6.54 Å². The van der Waals surface area contributed by atoms with Crippen molar-refractivity contribution in [1.82, 2.24) is 5.32 Å². The molecule has 0 aliphatic heterocycles. The molecule has 1 saturated carbocycles. The summed E-state index contributed by atoms with van der Waals surface area (Å²) in [5, 5.41) is 3.06. The Hall–Kier alpha value is -1.65. The largest absolute Gasteiger partial charge is 0.370 e. The lowest BCUT2D eigenvalue weighted by Crippen LogP contribution is -2.34. The van der Waals surface area contributed by atoms with Gasteiger partial charge in [-0.25, -0.2) is 8.78 Å². The Kier molecular flexibility index (Phi) is 4.80. The van der Waals surface area contributed by atoms with E-state index in [0.29, 0.717) is 24.0 Å². The van der Waals surface area contributed by atoms with Gasteiger partial charge in [-0.3, -0.25) is 4.99 Å². The number of aliphatic imine (C=N–C) groups is 1. The molecule has 116 valence electrons. The first-order valence-corrected chi connectivity index (χ1v) is 7.42. The summed E-state index contributed by atoms with van der Waals surface area (Å²) in [6, 6.07) is 3.76. The Balaban J connectivity index is 1.95. The standard InChI is InChI=1S/C16H23F2N3/c1-11(2)5-8-20-15(19)21-10-16(6-7-16)13-4-3-12(17)9-14(13)18/h3-4,9,11H,5-8,10H2,1-2H3,(H3,19,20,21). The van der Waals surface area contributed by atoms with Gasteiger partial charge in [0.25, 0.3) is 0 Å². The van der Waals surface area contributed by atoms with Gasteiger partial charge in [-0.05, 0) is 36.8 Å². The van der Waals surface area contributed by atoms with Crippen LogP contribution in [0.1, 0.15) is 38.7 Å². The Morgan fingerprint density at radius 3 is 2.67 bits per heavy atom. The summed E-state index contributed by atoms with van der Waals surface area (Å²) >= 11 is 0. The molecule has 0 spiro atoms. The van der Waals surface area contributed by atoms with Crippen molar-refractivity contribution in [3.63, 3.8) is 0 Å². The smallest absolute Gasteiger partial charge is 0.188 e. The highest BCUT2D eigenvalue weighted by Crippen LogP contribution is 2.49. The van der Waals surface area contributed by atoms with Crippen molar-refractivity contribution in [2.24, 2.45) is 16.6 Å². The molecule has 0 atom stereocenters. The molecule has 21 heavy (non-hydrogen) atoms. The number of halogens is 2. The van der Waals surface area contributed by atoms with Crippen LogP contribution in [0.2, 0.25) is 0 Å². The van der Waals surface area contributed by atoms with Crippen molar-refractivity contribution in [2.45, 2.75) is 38.5 Å². The third-order valence-corrected chi connectivity index (χ3v) is 3.94. The lowest BCUT2D eigenvalue weighted by Gasteiger charge is -2.15. The Morgan fingerprint density at radius 2 is 2.10 bits per heavy atom. The molecule has 0 saturated heterocycles. The van der Waals surface area contributed by atoms with Crippen LogP contribution < -0.4 is 11.1 Å². The summed E-state index contributed by atoms with van der Waals surface area (Å²) in [5.74, 6) is -0.0442. The van der Waals surface area contributed by atoms with E-state index in [-0.39, 0.29) is 5.41 Å². The van der Waals surface area contributed by atoms with Gasteiger partial charge >= 0.3 is 0 Å². The van der Waals surface area contributed by atoms with E-state index in [2.05, 4.69) is 24.2 Å². The number of hydrogen-bond donors (Lipinski definition) is 2. The van der Waals surface area contributed by atoms with Gasteiger partial charge in [0, 0.05) is 18.0 Å². The van der Waals surface area contributed by atoms with Gasteiger partial charge in [-0.1, -0.05) is 19.9 Å². The summed E-state index contributed by atoms with van der Waals surface area (Å²) < 4.78 is 26.8. The van der Waals surface area contributed by atoms with Crippen molar-refractivity contribution in [1.29, 1.82) is 0 Å². The molecular formula is C16H23F2N3. The SMILES string of the molecule is CC(C)CCNC(N)=NCC1(c2ccc(F)cc2F)CC1. The third kappa shape index (κ3) is 4.16. The lowest BCUT2D eigenvalue weighted by atomic mass is 9.95. The van der Waals surface area contributed by atoms with E-state index < -0.39 is 11.6 Å². The normalized spacial score (nSPS) is 17.1. The first-order chi connectivity index (χ1) is 9.93. The summed E-state index contributed by atoms with van der Waals surface area (Å²) in [6.07, 6.45) is 2.74. The zero-order valence-electron chi connectivity index (χ0n) is 12.6. The molecule has 0 aromatic heterocycles. The number of nitrogens with one attached hydrogen (secondary N) is 1. The zero-order valence-corrected chi connectivity index (χ0v) is 12.6. The monoisotopic (exact) mass is 295 g/mol. The van der Waals surface area contributed by atoms with Crippen LogP contribution in [-0.4, -0.2) is 19.0 Å². The average molecular weight is 295 g/mol. The highest BCUT2D eigenvalue weighted by molar-refractivity contribution is 5.77. The molecule has 0 heterocycles. The van der Waals surface area contributed by atoms with E-state index >= 15 is 0 Å². The fourth-order valence-corrected chi connectivity index (χ4v) is 2.36. The first-order valence-electron chi connectivity index (χ1n) is 7.42. The quantitative estimate of drug-likeness (QED) is 0.626. The first kappa shape index (κ1) is 15.7. The topological polar surface area (TPSA) is 50.4 Å². The van der Waals surface area contributed by atoms with Crippen LogP contribution in [0.3, 0.4) is 0 Å². The molecule has 5 heteroatoms. The average Bonchev–Trinajstić information content (AvgIpc) is 3.17. The van der Waals surface area contributed by atoms with Gasteiger partial charge in [-0.15, -0.1) is 0 Å². The summed E-state index contributed by atoms with van der Waals surface area (Å²) in [7, 11) is 0. The predicted octanol–water partition coefficient (Wildman–Crippen LogP) is 2.95. The summed E-state index contributed by atoms with van der Waals surface area (Å²) in [6.45, 7) is 5.51. The van der Waals surface area contributed by atoms with Crippen molar-refractivity contribution in [3.05, 3.63) is 35.4 Å². The molecule has 1 aliphatic carbocycles. The predicted molar refractivity (Wildman–Crippen MR) is 81.2 cm³/mol. The molecule has 0 radical (unpaired) electrons. The summed E-state index contributed by atoms with van der Waals surface area (Å²) in [5.41, 5.74) is 6.06. The molecule has 3 nitrogen and oxygen atoms in total. The van der Waals surface area contributed by atoms with Gasteiger partial charge in [-0.2, -0.15) is 0 Å². The molecule has 1 aromatic carbocycles. The second kappa shape index (κ2) is 6.41. The number of nitrogens with zero attached hydrogens (tertiary/aromatic N) is 1. The molecule has 1 fully saturated rings. The van der Waals surface area contributed by atoms with Crippen molar-refractivity contribution >= 4 is 5.96 Å². The van der Waals surface area contributed by atoms with E-state index in [4.69, 9.17) is 5.73 Å². The number of hydrogen-bond acceptors (Lipinski definition) is 1. The Bertz CT molecular complexity index is 522. The second-order valence-corrected chi connectivity index (χ2v) is 6.22. The highest BCUT2D eigenvalue weighted by atomic mass is 19.1. The molecule has 2 rings (SSSR count). The summed E-state index contributed by atoms with van der Waals surface area (Å²) in [4.78, 5) is 4.32. The molecule has 0 unspecified atom stereocenters. The van der Waals surface area contributed by atoms with E-state index in [1.807, 2.05) is 0 Å². The molecule has 3 N–H and O–H groups in total. The van der Waals surface area contributed by atoms with E-state index in [1.165, 1.54) is 12.1 Å². The lowest BCUT2D eigenvalue weighted by molar-refractivity contribution is 0.548. The molecule has 0 amide bonds. The van der Waals surface area contributed by atoms with Crippen LogP contribution in [-0.2, 0) is 5.41 Å². The van der Waals surface area contributed by atoms with Crippen LogP contribution in [0, 0.1) is 17.6 Å². The molecule has 0 bridgehead atoms. The number of guanidine groups is 1. The van der Waals surface area contributed by atoms with Crippen LogP contribution in [0.15, 0.2) is 23.2 Å². The Labute approximate surface area is 124 Å². The number of benzene rings is 1. The minimum absolute atomic E-state index is 0.303. The third-order valence-electron chi connectivity index (χ3n) is 3.94. The van der Waals surface area contributed by atoms with Gasteiger partial charge in [0.15, 0.2) is 5.96 Å². The van der Waals surface area contributed by atoms with Gasteiger partial charge < -0.3 is 11.1 Å². The van der Waals surface area contributed by atoms with E-state index in [1.54, 1.807) is 0 Å². The van der Waals surface area contributed by atoms with Gasteiger partial charge in [0.2, 0.25) is 0 Å². The van der Waals surface area contributed by atoms with Crippen LogP contribution in [0.25, 0.3) is 0 Å². The minimum Gasteiger partial charge on any atom is -0.370 e. The van der Waals surface area contributed by atoms with E-state index in [9.17, 15) is 8.78 Å². The maximum absolute atomic E-state index is 13.9. The van der Waals surface area contributed by atoms with Crippen LogP contribution >= 0.6 is 0 Å². The van der Waals surface area contributed by atoms with Crippen molar-refractivity contribution in [3.8, 4) is 0 Å². The van der Waals surface area contributed by atoms with Crippen LogP contribution in [0.5, 0.6) is 0 Å². The Morgan fingerprint density at radius 1 is 1.38 bits per heavy atom. The molecular weight excluding hydrogens is 272 g/mol. The fourth-order valence-electron chi connectivity index (χ4n) is 2.36. The molecule has 1 aliphatic rings. The van der Waals surface area contributed by atoms with Crippen molar-refractivity contribution in [2.75, 3.05) is 13.1 Å². The van der Waals surface area contributed by atoms with Crippen molar-refractivity contribution < 1.29 is 8.78 Å². The van der Waals surface area contributed by atoms with Crippen LogP contribution in [0.4, 0.5) is 8.78 Å². The minimum atomic E-state index is -0.551. The molecule has 1 aromatic rings. The van der Waals surface area contributed by atoms with E-state index in [0.717, 1.165) is 31.9 Å². The highest BCUT2D eigenvalue weighted by Gasteiger charge is 2.45.